The van der Waals surface area contributed by atoms with Crippen LogP contribution in [0.2, 0.25) is 5.02 Å². The lowest BCUT2D eigenvalue weighted by Crippen LogP contribution is -2.42. The van der Waals surface area contributed by atoms with Crippen LogP contribution in [0.25, 0.3) is 10.9 Å². The Kier molecular flexibility index (Phi) is 5.58. The second-order valence-corrected chi connectivity index (χ2v) is 7.68. The van der Waals surface area contributed by atoms with Gasteiger partial charge in [-0.3, -0.25) is 9.78 Å². The van der Waals surface area contributed by atoms with Gasteiger partial charge in [-0.1, -0.05) is 11.6 Å². The number of pyridine rings is 1. The molecule has 4 rings (SSSR count). The summed E-state index contributed by atoms with van der Waals surface area (Å²) in [6.07, 6.45) is 1.69. The number of hydrogen-bond donors (Lipinski definition) is 0. The van der Waals surface area contributed by atoms with E-state index in [0.29, 0.717) is 23.7 Å². The summed E-state index contributed by atoms with van der Waals surface area (Å²) in [5, 5.41) is 1.59. The number of nitrogens with zero attached hydrogens (tertiary/aromatic N) is 2. The average Bonchev–Trinajstić information content (AvgIpc) is 2.74. The van der Waals surface area contributed by atoms with Crippen molar-refractivity contribution in [2.24, 2.45) is 0 Å². The van der Waals surface area contributed by atoms with Gasteiger partial charge in [-0.2, -0.15) is 0 Å². The SMILES string of the molecule is COc1ccc2nc(C)c(C(=O)N3CCC(Oc4ccc(Cl)cc4)CC3)cc2c1. The molecule has 0 N–H and O–H groups in total. The topological polar surface area (TPSA) is 51.7 Å². The number of benzene rings is 2. The Bertz CT molecular complexity index is 1030. The standard InChI is InChI=1S/C23H23ClN2O3/c1-15-21(14-16-13-20(28-2)7-8-22(16)25-15)23(27)26-11-9-19(10-12-26)29-18-5-3-17(24)4-6-18/h3-8,13-14,19H,9-12H2,1-2H3. The number of carbonyl (C=O) groups is 1. The monoisotopic (exact) mass is 410 g/mol. The first-order valence-corrected chi connectivity index (χ1v) is 10.1. The summed E-state index contributed by atoms with van der Waals surface area (Å²) in [7, 11) is 1.63. The highest BCUT2D eigenvalue weighted by molar-refractivity contribution is 6.30. The quantitative estimate of drug-likeness (QED) is 0.614. The predicted octanol–water partition coefficient (Wildman–Crippen LogP) is 4.89. The van der Waals surface area contributed by atoms with E-state index < -0.39 is 0 Å². The number of aromatic nitrogens is 1. The van der Waals surface area contributed by atoms with Crippen LogP contribution in [0.1, 0.15) is 28.9 Å². The molecule has 1 saturated heterocycles. The van der Waals surface area contributed by atoms with Gasteiger partial charge in [-0.15, -0.1) is 0 Å². The number of fused-ring (bicyclic) bond motifs is 1. The molecule has 2 aromatic carbocycles. The molecule has 0 bridgehead atoms. The van der Waals surface area contributed by atoms with Gasteiger partial charge in [0.2, 0.25) is 0 Å². The third-order valence-corrected chi connectivity index (χ3v) is 5.54. The summed E-state index contributed by atoms with van der Waals surface area (Å²) in [4.78, 5) is 19.6. The van der Waals surface area contributed by atoms with Crippen molar-refractivity contribution >= 4 is 28.4 Å². The van der Waals surface area contributed by atoms with Crippen molar-refractivity contribution in [2.75, 3.05) is 20.2 Å². The minimum atomic E-state index is 0.0182. The Morgan fingerprint density at radius 1 is 1.07 bits per heavy atom. The fraction of sp³-hybridized carbons (Fsp3) is 0.304. The largest absolute Gasteiger partial charge is 0.497 e. The molecule has 2 heterocycles. The molecule has 0 saturated carbocycles. The first kappa shape index (κ1) is 19.5. The van der Waals surface area contributed by atoms with Crippen molar-refractivity contribution in [3.8, 4) is 11.5 Å². The molecule has 0 unspecified atom stereocenters. The number of likely N-dealkylation sites (tertiary alicyclic amines) is 1. The third-order valence-electron chi connectivity index (χ3n) is 5.29. The molecule has 5 nitrogen and oxygen atoms in total. The van der Waals surface area contributed by atoms with E-state index in [9.17, 15) is 4.79 Å². The van der Waals surface area contributed by atoms with Crippen molar-refractivity contribution in [1.82, 2.24) is 9.88 Å². The second-order valence-electron chi connectivity index (χ2n) is 7.24. The number of aryl methyl sites for hydroxylation is 1. The van der Waals surface area contributed by atoms with Crippen molar-refractivity contribution in [3.05, 3.63) is 64.8 Å². The molecule has 0 atom stereocenters. The van der Waals surface area contributed by atoms with Gasteiger partial charge in [0.05, 0.1) is 23.9 Å². The first-order chi connectivity index (χ1) is 14.0. The Morgan fingerprint density at radius 3 is 2.45 bits per heavy atom. The number of ether oxygens (including phenoxy) is 2. The lowest BCUT2D eigenvalue weighted by Gasteiger charge is -2.32. The lowest BCUT2D eigenvalue weighted by atomic mass is 10.0. The lowest BCUT2D eigenvalue weighted by molar-refractivity contribution is 0.0594. The van der Waals surface area contributed by atoms with Crippen LogP contribution in [0.3, 0.4) is 0 Å². The highest BCUT2D eigenvalue weighted by Crippen LogP contribution is 2.25. The molecule has 0 radical (unpaired) electrons. The van der Waals surface area contributed by atoms with Crippen molar-refractivity contribution in [3.63, 3.8) is 0 Å². The second kappa shape index (κ2) is 8.29. The van der Waals surface area contributed by atoms with Gasteiger partial charge < -0.3 is 14.4 Å². The van der Waals surface area contributed by atoms with Crippen molar-refractivity contribution in [1.29, 1.82) is 0 Å². The van der Waals surface area contributed by atoms with Crippen LogP contribution >= 0.6 is 11.6 Å². The van der Waals surface area contributed by atoms with Gasteiger partial charge in [0.1, 0.15) is 17.6 Å². The van der Waals surface area contributed by atoms with E-state index >= 15 is 0 Å². The number of hydrogen-bond acceptors (Lipinski definition) is 4. The number of piperidine rings is 1. The maximum absolute atomic E-state index is 13.1. The van der Waals surface area contributed by atoms with Crippen LogP contribution < -0.4 is 9.47 Å². The predicted molar refractivity (Wildman–Crippen MR) is 114 cm³/mol. The van der Waals surface area contributed by atoms with E-state index in [1.165, 1.54) is 0 Å². The molecule has 1 amide bonds. The Hall–Kier alpha value is -2.79. The summed E-state index contributed by atoms with van der Waals surface area (Å²) < 4.78 is 11.3. The summed E-state index contributed by atoms with van der Waals surface area (Å²) >= 11 is 5.92. The van der Waals surface area contributed by atoms with Gasteiger partial charge in [0, 0.05) is 36.3 Å². The van der Waals surface area contributed by atoms with Crippen LogP contribution in [0, 0.1) is 6.92 Å². The van der Waals surface area contributed by atoms with Crippen LogP contribution in [0.15, 0.2) is 48.5 Å². The molecule has 1 aliphatic rings. The van der Waals surface area contributed by atoms with E-state index in [4.69, 9.17) is 21.1 Å². The van der Waals surface area contributed by atoms with Gasteiger partial charge in [0.15, 0.2) is 0 Å². The number of rotatable bonds is 4. The molecule has 0 spiro atoms. The highest BCUT2D eigenvalue weighted by atomic mass is 35.5. The Balaban J connectivity index is 1.45. The van der Waals surface area contributed by atoms with Crippen LogP contribution in [0.5, 0.6) is 11.5 Å². The average molecular weight is 411 g/mol. The molecule has 1 aliphatic heterocycles. The normalized spacial score (nSPS) is 14.8. The molecule has 1 fully saturated rings. The third kappa shape index (κ3) is 4.30. The smallest absolute Gasteiger partial charge is 0.255 e. The number of methoxy groups -OCH3 is 1. The van der Waals surface area contributed by atoms with E-state index in [1.54, 1.807) is 7.11 Å². The van der Waals surface area contributed by atoms with Gasteiger partial charge >= 0.3 is 0 Å². The Morgan fingerprint density at radius 2 is 1.76 bits per heavy atom. The van der Waals surface area contributed by atoms with Crippen molar-refractivity contribution in [2.45, 2.75) is 25.9 Å². The van der Waals surface area contributed by atoms with Crippen LogP contribution in [0.4, 0.5) is 0 Å². The number of carbonyl (C=O) groups excluding carboxylic acids is 1. The van der Waals surface area contributed by atoms with E-state index in [-0.39, 0.29) is 12.0 Å². The molecule has 6 heteroatoms. The summed E-state index contributed by atoms with van der Waals surface area (Å²) in [5.74, 6) is 1.58. The van der Waals surface area contributed by atoms with Gasteiger partial charge in [0.25, 0.3) is 5.91 Å². The molecule has 0 aliphatic carbocycles. The number of halogens is 1. The summed E-state index contributed by atoms with van der Waals surface area (Å²) in [6, 6.07) is 15.0. The Labute approximate surface area is 175 Å². The zero-order chi connectivity index (χ0) is 20.4. The fourth-order valence-corrected chi connectivity index (χ4v) is 3.77. The van der Waals surface area contributed by atoms with E-state index in [1.807, 2.05) is 60.4 Å². The van der Waals surface area contributed by atoms with Gasteiger partial charge in [-0.05, 0) is 55.5 Å². The molecular formula is C23H23ClN2O3. The van der Waals surface area contributed by atoms with Crippen LogP contribution in [-0.2, 0) is 0 Å². The molecule has 1 aromatic heterocycles. The molecule has 29 heavy (non-hydrogen) atoms. The van der Waals surface area contributed by atoms with Crippen molar-refractivity contribution < 1.29 is 14.3 Å². The zero-order valence-corrected chi connectivity index (χ0v) is 17.3. The molecule has 3 aromatic rings. The summed E-state index contributed by atoms with van der Waals surface area (Å²) in [6.45, 7) is 3.20. The molecule has 150 valence electrons. The minimum Gasteiger partial charge on any atom is -0.497 e. The summed E-state index contributed by atoms with van der Waals surface area (Å²) in [5.41, 5.74) is 2.24. The highest BCUT2D eigenvalue weighted by Gasteiger charge is 2.26. The van der Waals surface area contributed by atoms with Gasteiger partial charge in [-0.25, -0.2) is 0 Å². The zero-order valence-electron chi connectivity index (χ0n) is 16.5. The maximum Gasteiger partial charge on any atom is 0.255 e. The van der Waals surface area contributed by atoms with Crippen LogP contribution in [-0.4, -0.2) is 42.1 Å². The van der Waals surface area contributed by atoms with E-state index in [2.05, 4.69) is 4.98 Å². The molecular weight excluding hydrogens is 388 g/mol. The first-order valence-electron chi connectivity index (χ1n) is 9.70. The maximum atomic E-state index is 13.1. The minimum absolute atomic E-state index is 0.0182. The number of amides is 1. The fourth-order valence-electron chi connectivity index (χ4n) is 3.65. The van der Waals surface area contributed by atoms with E-state index in [0.717, 1.165) is 40.9 Å².